The van der Waals surface area contributed by atoms with Gasteiger partial charge in [0.15, 0.2) is 5.78 Å². The van der Waals surface area contributed by atoms with Crippen LogP contribution in [0.25, 0.3) is 0 Å². The number of carbonyl (C=O) groups excluding carboxylic acids is 1. The fourth-order valence-corrected chi connectivity index (χ4v) is 2.57. The van der Waals surface area contributed by atoms with Crippen molar-refractivity contribution in [3.8, 4) is 0 Å². The van der Waals surface area contributed by atoms with Crippen molar-refractivity contribution in [1.82, 2.24) is 4.90 Å². The van der Waals surface area contributed by atoms with Crippen LogP contribution in [0.2, 0.25) is 0 Å². The highest BCUT2D eigenvalue weighted by Gasteiger charge is 2.33. The summed E-state index contributed by atoms with van der Waals surface area (Å²) in [5.74, 6) is 0.157. The highest BCUT2D eigenvalue weighted by Crippen LogP contribution is 2.17. The Labute approximate surface area is 114 Å². The number of ketones is 1. The van der Waals surface area contributed by atoms with Crippen molar-refractivity contribution in [3.05, 3.63) is 35.4 Å². The Bertz CT molecular complexity index is 435. The molecule has 1 fully saturated rings. The number of aryl methyl sites for hydroxylation is 1. The third-order valence-corrected chi connectivity index (χ3v) is 3.71. The van der Waals surface area contributed by atoms with Crippen molar-refractivity contribution in [2.45, 2.75) is 19.1 Å². The van der Waals surface area contributed by atoms with Crippen molar-refractivity contribution >= 4 is 5.78 Å². The minimum absolute atomic E-state index is 0.0506. The average Bonchev–Trinajstić information content (AvgIpc) is 2.81. The van der Waals surface area contributed by atoms with E-state index in [2.05, 4.69) is 4.90 Å². The van der Waals surface area contributed by atoms with Gasteiger partial charge in [0.1, 0.15) is 0 Å². The molecule has 1 aliphatic rings. The zero-order chi connectivity index (χ0) is 13.8. The number of rotatable bonds is 5. The number of ether oxygens (including phenoxy) is 2. The van der Waals surface area contributed by atoms with Crippen molar-refractivity contribution < 1.29 is 14.3 Å². The molecule has 0 aliphatic carbocycles. The van der Waals surface area contributed by atoms with Crippen LogP contribution in [0.15, 0.2) is 24.3 Å². The maximum absolute atomic E-state index is 12.3. The molecular weight excluding hydrogens is 242 g/mol. The zero-order valence-electron chi connectivity index (χ0n) is 11.8. The van der Waals surface area contributed by atoms with Crippen LogP contribution in [0.1, 0.15) is 15.9 Å². The summed E-state index contributed by atoms with van der Waals surface area (Å²) >= 11 is 0. The Balaban J connectivity index is 1.99. The van der Waals surface area contributed by atoms with E-state index in [-0.39, 0.29) is 18.0 Å². The first-order chi connectivity index (χ1) is 9.15. The summed E-state index contributed by atoms with van der Waals surface area (Å²) in [7, 11) is 3.37. The summed E-state index contributed by atoms with van der Waals surface area (Å²) in [5.41, 5.74) is 1.83. The number of carbonyl (C=O) groups is 1. The van der Waals surface area contributed by atoms with Crippen LogP contribution in [0.3, 0.4) is 0 Å². The van der Waals surface area contributed by atoms with Gasteiger partial charge in [0.2, 0.25) is 0 Å². The fourth-order valence-electron chi connectivity index (χ4n) is 2.57. The monoisotopic (exact) mass is 263 g/mol. The van der Waals surface area contributed by atoms with Gasteiger partial charge in [-0.2, -0.15) is 0 Å². The van der Waals surface area contributed by atoms with Crippen LogP contribution in [0.5, 0.6) is 0 Å². The first kappa shape index (κ1) is 14.2. The van der Waals surface area contributed by atoms with Crippen molar-refractivity contribution in [3.63, 3.8) is 0 Å². The molecule has 1 aromatic carbocycles. The van der Waals surface area contributed by atoms with Crippen LogP contribution in [-0.2, 0) is 9.47 Å². The molecule has 1 aromatic rings. The first-order valence-electron chi connectivity index (χ1n) is 6.52. The van der Waals surface area contributed by atoms with Gasteiger partial charge in [-0.1, -0.05) is 24.3 Å². The number of methoxy groups -OCH3 is 2. The topological polar surface area (TPSA) is 38.8 Å². The van der Waals surface area contributed by atoms with E-state index < -0.39 is 0 Å². The number of Topliss-reactive ketones (excluding diaryl/α,β-unsaturated/α-hetero) is 1. The van der Waals surface area contributed by atoms with Gasteiger partial charge in [-0.3, -0.25) is 9.69 Å². The van der Waals surface area contributed by atoms with Crippen LogP contribution in [-0.4, -0.2) is 56.7 Å². The van der Waals surface area contributed by atoms with Crippen LogP contribution >= 0.6 is 0 Å². The molecule has 0 bridgehead atoms. The Morgan fingerprint density at radius 2 is 1.79 bits per heavy atom. The van der Waals surface area contributed by atoms with Gasteiger partial charge < -0.3 is 9.47 Å². The largest absolute Gasteiger partial charge is 0.377 e. The van der Waals surface area contributed by atoms with Gasteiger partial charge in [0.05, 0.1) is 18.8 Å². The average molecular weight is 263 g/mol. The second-order valence-corrected chi connectivity index (χ2v) is 4.98. The van der Waals surface area contributed by atoms with Gasteiger partial charge in [-0.15, -0.1) is 0 Å². The number of hydrogen-bond donors (Lipinski definition) is 0. The van der Waals surface area contributed by atoms with E-state index in [1.165, 1.54) is 0 Å². The third kappa shape index (κ3) is 3.21. The highest BCUT2D eigenvalue weighted by atomic mass is 16.5. The quantitative estimate of drug-likeness (QED) is 0.755. The summed E-state index contributed by atoms with van der Waals surface area (Å²) in [6, 6.07) is 7.70. The van der Waals surface area contributed by atoms with E-state index in [4.69, 9.17) is 9.47 Å². The molecular formula is C15H21NO3. The fraction of sp³-hybridized carbons (Fsp3) is 0.533. The predicted octanol–water partition coefficient (Wildman–Crippen LogP) is 1.52. The third-order valence-electron chi connectivity index (χ3n) is 3.71. The van der Waals surface area contributed by atoms with E-state index in [0.29, 0.717) is 6.54 Å². The second kappa shape index (κ2) is 6.28. The predicted molar refractivity (Wildman–Crippen MR) is 73.5 cm³/mol. The molecule has 0 saturated carbocycles. The first-order valence-corrected chi connectivity index (χ1v) is 6.52. The smallest absolute Gasteiger partial charge is 0.177 e. The molecule has 0 radical (unpaired) electrons. The molecule has 1 heterocycles. The molecule has 1 saturated heterocycles. The zero-order valence-corrected chi connectivity index (χ0v) is 11.8. The van der Waals surface area contributed by atoms with Gasteiger partial charge in [0, 0.05) is 32.9 Å². The second-order valence-electron chi connectivity index (χ2n) is 4.98. The molecule has 0 spiro atoms. The summed E-state index contributed by atoms with van der Waals surface area (Å²) in [6.45, 7) is 3.87. The van der Waals surface area contributed by atoms with E-state index in [1.54, 1.807) is 14.2 Å². The molecule has 2 atom stereocenters. The Morgan fingerprint density at radius 1 is 1.21 bits per heavy atom. The summed E-state index contributed by atoms with van der Waals surface area (Å²) in [6.07, 6.45) is 0.101. The van der Waals surface area contributed by atoms with Crippen molar-refractivity contribution in [2.24, 2.45) is 0 Å². The molecule has 0 amide bonds. The Hall–Kier alpha value is -1.23. The molecule has 19 heavy (non-hydrogen) atoms. The Morgan fingerprint density at radius 3 is 2.32 bits per heavy atom. The lowest BCUT2D eigenvalue weighted by Gasteiger charge is -2.14. The summed E-state index contributed by atoms with van der Waals surface area (Å²) in [4.78, 5) is 14.4. The minimum Gasteiger partial charge on any atom is -0.377 e. The highest BCUT2D eigenvalue weighted by molar-refractivity contribution is 5.98. The van der Waals surface area contributed by atoms with Gasteiger partial charge >= 0.3 is 0 Å². The molecule has 2 unspecified atom stereocenters. The molecule has 4 heteroatoms. The van der Waals surface area contributed by atoms with Crippen LogP contribution < -0.4 is 0 Å². The number of nitrogens with zero attached hydrogens (tertiary/aromatic N) is 1. The summed E-state index contributed by atoms with van der Waals surface area (Å²) < 4.78 is 10.8. The molecule has 4 nitrogen and oxygen atoms in total. The molecule has 2 rings (SSSR count). The number of benzene rings is 1. The van der Waals surface area contributed by atoms with Crippen molar-refractivity contribution in [2.75, 3.05) is 33.9 Å². The molecule has 0 aromatic heterocycles. The minimum atomic E-state index is 0.0506. The molecule has 0 N–H and O–H groups in total. The van der Waals surface area contributed by atoms with Gasteiger partial charge in [-0.25, -0.2) is 0 Å². The van der Waals surface area contributed by atoms with Gasteiger partial charge in [-0.05, 0) is 12.5 Å². The SMILES string of the molecule is COC1CN(CC(=O)c2ccccc2C)CC1OC. The lowest BCUT2D eigenvalue weighted by molar-refractivity contribution is -0.00461. The lowest BCUT2D eigenvalue weighted by Crippen LogP contribution is -2.29. The Kier molecular flexibility index (Phi) is 4.69. The van der Waals surface area contributed by atoms with E-state index in [1.807, 2.05) is 31.2 Å². The van der Waals surface area contributed by atoms with Gasteiger partial charge in [0.25, 0.3) is 0 Å². The number of hydrogen-bond acceptors (Lipinski definition) is 4. The normalized spacial score (nSPS) is 23.7. The number of likely N-dealkylation sites (tertiary alicyclic amines) is 1. The maximum Gasteiger partial charge on any atom is 0.177 e. The molecule has 1 aliphatic heterocycles. The van der Waals surface area contributed by atoms with E-state index in [9.17, 15) is 4.79 Å². The lowest BCUT2D eigenvalue weighted by atomic mass is 10.0. The van der Waals surface area contributed by atoms with E-state index >= 15 is 0 Å². The van der Waals surface area contributed by atoms with Crippen LogP contribution in [0.4, 0.5) is 0 Å². The molecule has 104 valence electrons. The van der Waals surface area contributed by atoms with Crippen LogP contribution in [0, 0.1) is 6.92 Å². The standard InChI is InChI=1S/C15H21NO3/c1-11-6-4-5-7-12(11)13(17)8-16-9-14(18-2)15(10-16)19-3/h4-7,14-15H,8-10H2,1-3H3. The van der Waals surface area contributed by atoms with E-state index in [0.717, 1.165) is 24.2 Å². The van der Waals surface area contributed by atoms with Crippen molar-refractivity contribution in [1.29, 1.82) is 0 Å². The summed E-state index contributed by atoms with van der Waals surface area (Å²) in [5, 5.41) is 0. The maximum atomic E-state index is 12.3.